The Labute approximate surface area is 76.9 Å². The number of rotatable bonds is 3. The van der Waals surface area contributed by atoms with Crippen molar-refractivity contribution in [1.29, 1.82) is 0 Å². The minimum Gasteiger partial charge on any atom is -0.348 e. The van der Waals surface area contributed by atoms with Gasteiger partial charge in [0.2, 0.25) is 5.91 Å². The highest BCUT2D eigenvalue weighted by Crippen LogP contribution is 2.11. The summed E-state index contributed by atoms with van der Waals surface area (Å²) in [6.07, 6.45) is 0.978. The Morgan fingerprint density at radius 3 is 2.54 bits per heavy atom. The van der Waals surface area contributed by atoms with Gasteiger partial charge in [0.1, 0.15) is 0 Å². The molecule has 1 heterocycles. The second-order valence-electron chi connectivity index (χ2n) is 2.91. The first-order chi connectivity index (χ1) is 5.90. The normalized spacial score (nSPS) is 20.6. The first-order valence-electron chi connectivity index (χ1n) is 3.71. The van der Waals surface area contributed by atoms with E-state index in [0.29, 0.717) is 17.7 Å². The lowest BCUT2D eigenvalue weighted by molar-refractivity contribution is -0.120. The summed E-state index contributed by atoms with van der Waals surface area (Å²) in [5.41, 5.74) is 1.28. The van der Waals surface area contributed by atoms with Crippen LogP contribution in [0, 0.1) is 0 Å². The van der Waals surface area contributed by atoms with E-state index in [-0.39, 0.29) is 12.5 Å². The lowest BCUT2D eigenvalue weighted by atomic mass is 10.0. The van der Waals surface area contributed by atoms with Crippen LogP contribution >= 0.6 is 0 Å². The van der Waals surface area contributed by atoms with Gasteiger partial charge in [0, 0.05) is 12.1 Å². The number of nitrogens with one attached hydrogen (secondary N) is 1. The summed E-state index contributed by atoms with van der Waals surface area (Å²) in [5.74, 6) is -0.144. The smallest absolute Gasteiger partial charge is 0.264 e. The summed E-state index contributed by atoms with van der Waals surface area (Å²) in [6, 6.07) is 0. The van der Waals surface area contributed by atoms with E-state index in [9.17, 15) is 13.2 Å². The maximum Gasteiger partial charge on any atom is 0.264 e. The molecule has 0 atom stereocenters. The average Bonchev–Trinajstić information content (AvgIpc) is 1.97. The fourth-order valence-corrected chi connectivity index (χ4v) is 1.27. The molecule has 0 saturated carbocycles. The van der Waals surface area contributed by atoms with Gasteiger partial charge in [-0.15, -0.1) is 0 Å². The second-order valence-corrected chi connectivity index (χ2v) is 4.55. The predicted molar refractivity (Wildman–Crippen MR) is 46.5 cm³/mol. The monoisotopic (exact) mass is 205 g/mol. The topological polar surface area (TPSA) is 72.5 Å². The van der Waals surface area contributed by atoms with Crippen LogP contribution in [0.4, 0.5) is 0 Å². The van der Waals surface area contributed by atoms with Gasteiger partial charge < -0.3 is 5.32 Å². The summed E-state index contributed by atoms with van der Waals surface area (Å²) in [4.78, 5) is 10.8. The molecule has 1 saturated heterocycles. The molecule has 1 rings (SSSR count). The van der Waals surface area contributed by atoms with Crippen molar-refractivity contribution in [2.75, 3.05) is 19.4 Å². The molecule has 0 aliphatic carbocycles. The molecule has 0 unspecified atom stereocenters. The van der Waals surface area contributed by atoms with Crippen molar-refractivity contribution < 1.29 is 17.4 Å². The van der Waals surface area contributed by atoms with E-state index < -0.39 is 10.1 Å². The van der Waals surface area contributed by atoms with E-state index in [0.717, 1.165) is 6.26 Å². The zero-order chi connectivity index (χ0) is 10.1. The molecular formula is C7H11NO4S. The molecule has 1 fully saturated rings. The lowest BCUT2D eigenvalue weighted by Crippen LogP contribution is -2.42. The summed E-state index contributed by atoms with van der Waals surface area (Å²) in [7, 11) is -3.42. The number of hydrogen-bond donors (Lipinski definition) is 1. The molecule has 0 aromatic heterocycles. The number of β-lactam (4-membered cyclic amide) rings is 1. The van der Waals surface area contributed by atoms with E-state index in [1.54, 1.807) is 6.92 Å². The molecule has 0 radical (unpaired) electrons. The van der Waals surface area contributed by atoms with Gasteiger partial charge in [-0.3, -0.25) is 8.98 Å². The molecule has 1 amide bonds. The highest BCUT2D eigenvalue weighted by atomic mass is 32.2. The van der Waals surface area contributed by atoms with Gasteiger partial charge in [0.05, 0.1) is 12.9 Å². The van der Waals surface area contributed by atoms with Crippen LogP contribution in [-0.2, 0) is 19.1 Å². The van der Waals surface area contributed by atoms with Crippen LogP contribution < -0.4 is 5.32 Å². The van der Waals surface area contributed by atoms with Gasteiger partial charge in [0.25, 0.3) is 10.1 Å². The predicted octanol–water partition coefficient (Wildman–Crippen LogP) is -0.591. The van der Waals surface area contributed by atoms with Crippen LogP contribution in [0.2, 0.25) is 0 Å². The van der Waals surface area contributed by atoms with E-state index in [2.05, 4.69) is 9.50 Å². The van der Waals surface area contributed by atoms with Crippen molar-refractivity contribution in [1.82, 2.24) is 5.32 Å². The van der Waals surface area contributed by atoms with Gasteiger partial charge in [-0.05, 0) is 12.5 Å². The molecule has 13 heavy (non-hydrogen) atoms. The van der Waals surface area contributed by atoms with Crippen LogP contribution in [0.5, 0.6) is 0 Å². The first-order valence-corrected chi connectivity index (χ1v) is 5.53. The van der Waals surface area contributed by atoms with Crippen molar-refractivity contribution in [3.8, 4) is 0 Å². The number of amides is 1. The molecule has 74 valence electrons. The maximum atomic E-state index is 10.8. The van der Waals surface area contributed by atoms with Crippen molar-refractivity contribution in [2.24, 2.45) is 0 Å². The quantitative estimate of drug-likeness (QED) is 0.379. The van der Waals surface area contributed by atoms with Gasteiger partial charge in [-0.1, -0.05) is 0 Å². The third-order valence-electron chi connectivity index (χ3n) is 1.70. The number of carbonyl (C=O) groups excluding carboxylic acids is 1. The Bertz CT molecular complexity index is 355. The van der Waals surface area contributed by atoms with Crippen molar-refractivity contribution >= 4 is 16.0 Å². The second kappa shape index (κ2) is 3.47. The van der Waals surface area contributed by atoms with Crippen molar-refractivity contribution in [2.45, 2.75) is 6.92 Å². The van der Waals surface area contributed by atoms with E-state index in [1.165, 1.54) is 0 Å². The summed E-state index contributed by atoms with van der Waals surface area (Å²) in [5, 5.41) is 2.53. The van der Waals surface area contributed by atoms with Crippen LogP contribution in [0.1, 0.15) is 6.92 Å². The van der Waals surface area contributed by atoms with Gasteiger partial charge in [-0.25, -0.2) is 0 Å². The van der Waals surface area contributed by atoms with Crippen LogP contribution in [0.15, 0.2) is 11.1 Å². The Kier molecular flexibility index (Phi) is 2.72. The third kappa shape index (κ3) is 2.82. The summed E-state index contributed by atoms with van der Waals surface area (Å²) < 4.78 is 25.7. The summed E-state index contributed by atoms with van der Waals surface area (Å²) in [6.45, 7) is 2.14. The minimum absolute atomic E-state index is 0.0401. The van der Waals surface area contributed by atoms with Crippen LogP contribution in [0.3, 0.4) is 0 Å². The van der Waals surface area contributed by atoms with Crippen molar-refractivity contribution in [3.63, 3.8) is 0 Å². The van der Waals surface area contributed by atoms with E-state index in [4.69, 9.17) is 0 Å². The SMILES string of the molecule is C/C(COS(C)(=O)=O)=C1\CNC1=O. The highest BCUT2D eigenvalue weighted by molar-refractivity contribution is 7.85. The van der Waals surface area contributed by atoms with Crippen LogP contribution in [-0.4, -0.2) is 33.7 Å². The molecule has 0 spiro atoms. The fourth-order valence-electron chi connectivity index (χ4n) is 0.876. The Balaban J connectivity index is 2.56. The first kappa shape index (κ1) is 10.2. The highest BCUT2D eigenvalue weighted by Gasteiger charge is 2.22. The fraction of sp³-hybridized carbons (Fsp3) is 0.571. The molecule has 1 aliphatic rings. The Morgan fingerprint density at radius 1 is 1.62 bits per heavy atom. The molecule has 6 heteroatoms. The summed E-state index contributed by atoms with van der Waals surface area (Å²) >= 11 is 0. The van der Waals surface area contributed by atoms with Crippen LogP contribution in [0.25, 0.3) is 0 Å². The zero-order valence-corrected chi connectivity index (χ0v) is 8.27. The number of carbonyl (C=O) groups is 1. The molecule has 0 aromatic carbocycles. The molecule has 5 nitrogen and oxygen atoms in total. The largest absolute Gasteiger partial charge is 0.348 e. The Morgan fingerprint density at radius 2 is 2.23 bits per heavy atom. The Hall–Kier alpha value is -0.880. The molecular weight excluding hydrogens is 194 g/mol. The van der Waals surface area contributed by atoms with Gasteiger partial charge >= 0.3 is 0 Å². The molecule has 0 bridgehead atoms. The third-order valence-corrected chi connectivity index (χ3v) is 2.25. The van der Waals surface area contributed by atoms with Gasteiger partial charge in [0.15, 0.2) is 0 Å². The van der Waals surface area contributed by atoms with E-state index in [1.807, 2.05) is 0 Å². The van der Waals surface area contributed by atoms with Crippen molar-refractivity contribution in [3.05, 3.63) is 11.1 Å². The number of hydrogen-bond acceptors (Lipinski definition) is 4. The lowest BCUT2D eigenvalue weighted by Gasteiger charge is -2.20. The zero-order valence-electron chi connectivity index (χ0n) is 7.46. The average molecular weight is 205 g/mol. The molecule has 0 aromatic rings. The van der Waals surface area contributed by atoms with E-state index >= 15 is 0 Å². The maximum absolute atomic E-state index is 10.8. The molecule has 1 N–H and O–H groups in total. The minimum atomic E-state index is -3.42. The standard InChI is InChI=1S/C7H11NO4S/c1-5(4-12-13(2,10)11)6-3-8-7(6)9/h3-4H2,1-2H3,(H,8,9)/b6-5-. The molecule has 1 aliphatic heterocycles. The van der Waals surface area contributed by atoms with Gasteiger partial charge in [-0.2, -0.15) is 8.42 Å².